The van der Waals surface area contributed by atoms with Gasteiger partial charge in [0, 0.05) is 26.0 Å². The molecule has 0 aromatic carbocycles. The number of nitrogens with one attached hydrogen (secondary N) is 4. The Labute approximate surface area is 109 Å². The van der Waals surface area contributed by atoms with Gasteiger partial charge in [-0.1, -0.05) is 0 Å². The van der Waals surface area contributed by atoms with E-state index in [1.165, 1.54) is 0 Å². The van der Waals surface area contributed by atoms with Gasteiger partial charge in [-0.2, -0.15) is 0 Å². The second kappa shape index (κ2) is 6.05. The number of hydrogen-bond acceptors (Lipinski definition) is 3. The highest BCUT2D eigenvalue weighted by molar-refractivity contribution is 5.92. The molecule has 4 N–H and O–H groups in total. The summed E-state index contributed by atoms with van der Waals surface area (Å²) in [5, 5.41) is 2.77. The largest absolute Gasteiger partial charge is 0.375 e. The van der Waals surface area contributed by atoms with Gasteiger partial charge in [-0.05, 0) is 18.6 Å². The summed E-state index contributed by atoms with van der Waals surface area (Å²) in [5.74, 6) is -0.164. The average Bonchev–Trinajstić information content (AvgIpc) is 3.05. The second-order valence-electron chi connectivity index (χ2n) is 4.05. The van der Waals surface area contributed by atoms with Gasteiger partial charge < -0.3 is 25.0 Å². The van der Waals surface area contributed by atoms with Crippen LogP contribution < -0.4 is 11.0 Å². The second-order valence-corrected chi connectivity index (χ2v) is 4.05. The maximum atomic E-state index is 11.7. The first-order valence-electron chi connectivity index (χ1n) is 5.92. The van der Waals surface area contributed by atoms with Crippen molar-refractivity contribution in [3.05, 3.63) is 46.4 Å². The van der Waals surface area contributed by atoms with Crippen molar-refractivity contribution in [1.29, 1.82) is 0 Å². The van der Waals surface area contributed by atoms with Crippen molar-refractivity contribution in [3.63, 3.8) is 0 Å². The molecule has 2 aromatic heterocycles. The van der Waals surface area contributed by atoms with E-state index in [-0.39, 0.29) is 17.7 Å². The van der Waals surface area contributed by atoms with Crippen LogP contribution in [0.4, 0.5) is 0 Å². The molecular formula is C12H16N4O3. The maximum Gasteiger partial charge on any atom is 0.323 e. The molecular weight excluding hydrogens is 248 g/mol. The van der Waals surface area contributed by atoms with Crippen LogP contribution in [-0.2, 0) is 4.74 Å². The summed E-state index contributed by atoms with van der Waals surface area (Å²) < 4.78 is 5.27. The number of ether oxygens (including phenoxy) is 1. The first-order chi connectivity index (χ1) is 9.20. The molecule has 2 aromatic rings. The highest BCUT2D eigenvalue weighted by Crippen LogP contribution is 2.15. The summed E-state index contributed by atoms with van der Waals surface area (Å²) in [7, 11) is 1.56. The first-order valence-corrected chi connectivity index (χ1v) is 5.92. The van der Waals surface area contributed by atoms with Gasteiger partial charge in [-0.25, -0.2) is 4.79 Å². The molecule has 0 bridgehead atoms. The van der Waals surface area contributed by atoms with Gasteiger partial charge in [-0.3, -0.25) is 4.79 Å². The number of carbonyl (C=O) groups is 1. The molecule has 0 radical (unpaired) electrons. The van der Waals surface area contributed by atoms with Crippen molar-refractivity contribution < 1.29 is 9.53 Å². The predicted octanol–water partition coefficient (Wildman–Crippen LogP) is 0.539. The van der Waals surface area contributed by atoms with Crippen LogP contribution >= 0.6 is 0 Å². The number of imidazole rings is 1. The van der Waals surface area contributed by atoms with Crippen LogP contribution in [0, 0.1) is 0 Å². The van der Waals surface area contributed by atoms with E-state index >= 15 is 0 Å². The lowest BCUT2D eigenvalue weighted by molar-refractivity contribution is 0.0854. The quantitative estimate of drug-likeness (QED) is 0.612. The highest BCUT2D eigenvalue weighted by atomic mass is 16.5. The van der Waals surface area contributed by atoms with E-state index in [9.17, 15) is 9.59 Å². The highest BCUT2D eigenvalue weighted by Gasteiger charge is 2.13. The minimum absolute atomic E-state index is 0.164. The Bertz CT molecular complexity index is 570. The molecule has 7 nitrogen and oxygen atoms in total. The fourth-order valence-electron chi connectivity index (χ4n) is 1.80. The molecule has 0 spiro atoms. The molecule has 1 unspecified atom stereocenters. The van der Waals surface area contributed by atoms with Crippen molar-refractivity contribution in [1.82, 2.24) is 20.3 Å². The molecule has 7 heteroatoms. The lowest BCUT2D eigenvalue weighted by atomic mass is 10.2. The molecule has 0 saturated carbocycles. The van der Waals surface area contributed by atoms with Crippen LogP contribution in [0.15, 0.2) is 29.3 Å². The molecule has 1 amide bonds. The Morgan fingerprint density at radius 2 is 2.32 bits per heavy atom. The van der Waals surface area contributed by atoms with E-state index in [0.29, 0.717) is 24.4 Å². The maximum absolute atomic E-state index is 11.7. The van der Waals surface area contributed by atoms with E-state index in [1.54, 1.807) is 31.6 Å². The monoisotopic (exact) mass is 264 g/mol. The standard InChI is InChI=1S/C12H16N4O3/c1-19-10(9-7-15-12(18)16-9)4-6-14-11(17)8-3-2-5-13-8/h2-3,5,7,10,13H,4,6H2,1H3,(H,14,17)(H2,15,16,18). The summed E-state index contributed by atoms with van der Waals surface area (Å²) in [5.41, 5.74) is 0.915. The molecule has 0 aliphatic rings. The van der Waals surface area contributed by atoms with Gasteiger partial charge >= 0.3 is 5.69 Å². The van der Waals surface area contributed by atoms with E-state index in [1.807, 2.05) is 0 Å². The molecule has 102 valence electrons. The summed E-state index contributed by atoms with van der Waals surface area (Å²) in [6, 6.07) is 3.46. The Balaban J connectivity index is 1.84. The van der Waals surface area contributed by atoms with Crippen molar-refractivity contribution in [3.8, 4) is 0 Å². The fraction of sp³-hybridized carbons (Fsp3) is 0.333. The zero-order valence-corrected chi connectivity index (χ0v) is 10.5. The van der Waals surface area contributed by atoms with Crippen LogP contribution in [0.1, 0.15) is 28.7 Å². The van der Waals surface area contributed by atoms with Crippen LogP contribution in [0.3, 0.4) is 0 Å². The summed E-state index contributed by atoms with van der Waals surface area (Å²) in [6.45, 7) is 0.448. The van der Waals surface area contributed by atoms with Gasteiger partial charge in [0.15, 0.2) is 0 Å². The smallest absolute Gasteiger partial charge is 0.323 e. The lowest BCUT2D eigenvalue weighted by Crippen LogP contribution is -2.26. The van der Waals surface area contributed by atoms with E-state index in [0.717, 1.165) is 0 Å². The molecule has 19 heavy (non-hydrogen) atoms. The third kappa shape index (κ3) is 3.35. The Kier molecular flexibility index (Phi) is 4.19. The van der Waals surface area contributed by atoms with Crippen LogP contribution in [0.2, 0.25) is 0 Å². The number of rotatable bonds is 6. The Morgan fingerprint density at radius 1 is 1.47 bits per heavy atom. The minimum Gasteiger partial charge on any atom is -0.375 e. The number of hydrogen-bond donors (Lipinski definition) is 4. The van der Waals surface area contributed by atoms with Crippen molar-refractivity contribution in [2.75, 3.05) is 13.7 Å². The van der Waals surface area contributed by atoms with Gasteiger partial charge in [0.05, 0.1) is 5.69 Å². The molecule has 2 heterocycles. The Morgan fingerprint density at radius 3 is 2.89 bits per heavy atom. The molecule has 2 rings (SSSR count). The third-order valence-corrected chi connectivity index (χ3v) is 2.78. The first kappa shape index (κ1) is 13.2. The number of amides is 1. The van der Waals surface area contributed by atoms with E-state index < -0.39 is 0 Å². The number of H-pyrrole nitrogens is 3. The van der Waals surface area contributed by atoms with Gasteiger partial charge in [0.2, 0.25) is 0 Å². The molecule has 0 aliphatic heterocycles. The van der Waals surface area contributed by atoms with Crippen molar-refractivity contribution in [2.45, 2.75) is 12.5 Å². The number of methoxy groups -OCH3 is 1. The number of aromatic amines is 3. The molecule has 0 aliphatic carbocycles. The van der Waals surface area contributed by atoms with E-state index in [2.05, 4.69) is 20.3 Å². The van der Waals surface area contributed by atoms with Crippen LogP contribution in [-0.4, -0.2) is 34.5 Å². The van der Waals surface area contributed by atoms with Gasteiger partial charge in [0.1, 0.15) is 11.8 Å². The predicted molar refractivity (Wildman–Crippen MR) is 68.9 cm³/mol. The van der Waals surface area contributed by atoms with E-state index in [4.69, 9.17) is 4.74 Å². The minimum atomic E-state index is -0.271. The van der Waals surface area contributed by atoms with Gasteiger partial charge in [0.25, 0.3) is 5.91 Å². The van der Waals surface area contributed by atoms with Crippen LogP contribution in [0.25, 0.3) is 0 Å². The van der Waals surface area contributed by atoms with Crippen LogP contribution in [0.5, 0.6) is 0 Å². The van der Waals surface area contributed by atoms with Crippen molar-refractivity contribution >= 4 is 5.91 Å². The zero-order valence-electron chi connectivity index (χ0n) is 10.5. The van der Waals surface area contributed by atoms with Crippen molar-refractivity contribution in [2.24, 2.45) is 0 Å². The topological polar surface area (TPSA) is 103 Å². The molecule has 0 fully saturated rings. The summed E-state index contributed by atoms with van der Waals surface area (Å²) in [6.07, 6.45) is 3.57. The number of carbonyl (C=O) groups excluding carboxylic acids is 1. The average molecular weight is 264 g/mol. The normalized spacial score (nSPS) is 12.3. The summed E-state index contributed by atoms with van der Waals surface area (Å²) >= 11 is 0. The lowest BCUT2D eigenvalue weighted by Gasteiger charge is -2.13. The number of aromatic nitrogens is 3. The molecule has 1 atom stereocenters. The fourth-order valence-corrected chi connectivity index (χ4v) is 1.80. The zero-order chi connectivity index (χ0) is 13.7. The van der Waals surface area contributed by atoms with Gasteiger partial charge in [-0.15, -0.1) is 0 Å². The summed E-state index contributed by atoms with van der Waals surface area (Å²) in [4.78, 5) is 30.7. The third-order valence-electron chi connectivity index (χ3n) is 2.78. The Hall–Kier alpha value is -2.28. The SMILES string of the molecule is COC(CCNC(=O)c1ccc[nH]1)c1c[nH]c(=O)[nH]1. The molecule has 0 saturated heterocycles.